The summed E-state index contributed by atoms with van der Waals surface area (Å²) in [7, 11) is 0. The number of nitrogens with zero attached hydrogens (tertiary/aromatic N) is 3. The topological polar surface area (TPSA) is 88.9 Å². The number of hydrogen-bond acceptors (Lipinski definition) is 4. The van der Waals surface area contributed by atoms with Crippen LogP contribution < -0.4 is 10.6 Å². The summed E-state index contributed by atoms with van der Waals surface area (Å²) in [5.74, 6) is -0.192. The summed E-state index contributed by atoms with van der Waals surface area (Å²) >= 11 is 6.40. The molecule has 0 radical (unpaired) electrons. The molecule has 3 rings (SSSR count). The number of carbonyl (C=O) groups is 2. The highest BCUT2D eigenvalue weighted by atomic mass is 35.5. The van der Waals surface area contributed by atoms with Gasteiger partial charge in [0.15, 0.2) is 0 Å². The molecule has 0 fully saturated rings. The van der Waals surface area contributed by atoms with Crippen molar-refractivity contribution >= 4 is 41.0 Å². The van der Waals surface area contributed by atoms with Crippen LogP contribution in [0.5, 0.6) is 0 Å². The Bertz CT molecular complexity index is 1090. The molecule has 0 bridgehead atoms. The van der Waals surface area contributed by atoms with E-state index in [2.05, 4.69) is 27.6 Å². The Morgan fingerprint density at radius 3 is 2.74 bits per heavy atom. The van der Waals surface area contributed by atoms with Crippen LogP contribution in [0.15, 0.2) is 54.7 Å². The summed E-state index contributed by atoms with van der Waals surface area (Å²) in [5, 5.41) is 10.4. The van der Waals surface area contributed by atoms with Crippen molar-refractivity contribution in [3.63, 3.8) is 0 Å². The SMILES string of the molecule is CCCCn1nc(C)c(C=CC(=O)Nc2cccc(C(=O)Nc3ccccn3)c2)c1Cl. The highest BCUT2D eigenvalue weighted by molar-refractivity contribution is 6.31. The molecule has 7 nitrogen and oxygen atoms in total. The van der Waals surface area contributed by atoms with Crippen LogP contribution in [0, 0.1) is 6.92 Å². The molecule has 0 aliphatic carbocycles. The molecular weight excluding hydrogens is 414 g/mol. The molecule has 0 atom stereocenters. The molecule has 2 amide bonds. The lowest BCUT2D eigenvalue weighted by Crippen LogP contribution is -2.14. The first-order valence-electron chi connectivity index (χ1n) is 10.0. The molecule has 3 aromatic rings. The van der Waals surface area contributed by atoms with Crippen LogP contribution in [0.4, 0.5) is 11.5 Å². The number of aromatic nitrogens is 3. The molecule has 0 aliphatic heterocycles. The van der Waals surface area contributed by atoms with Crippen molar-refractivity contribution in [2.45, 2.75) is 33.2 Å². The minimum Gasteiger partial charge on any atom is -0.322 e. The lowest BCUT2D eigenvalue weighted by atomic mass is 10.2. The average Bonchev–Trinajstić information content (AvgIpc) is 3.04. The first kappa shape index (κ1) is 22.2. The Balaban J connectivity index is 1.65. The van der Waals surface area contributed by atoms with Crippen LogP contribution in [0.3, 0.4) is 0 Å². The molecule has 0 aliphatic rings. The zero-order chi connectivity index (χ0) is 22.2. The van der Waals surface area contributed by atoms with Crippen LogP contribution in [0.25, 0.3) is 6.08 Å². The number of benzene rings is 1. The summed E-state index contributed by atoms with van der Waals surface area (Å²) < 4.78 is 1.75. The monoisotopic (exact) mass is 437 g/mol. The molecule has 8 heteroatoms. The highest BCUT2D eigenvalue weighted by Gasteiger charge is 2.12. The van der Waals surface area contributed by atoms with Gasteiger partial charge >= 0.3 is 0 Å². The second kappa shape index (κ2) is 10.5. The lowest BCUT2D eigenvalue weighted by molar-refractivity contribution is -0.111. The maximum Gasteiger partial charge on any atom is 0.256 e. The van der Waals surface area contributed by atoms with Crippen LogP contribution in [0.1, 0.15) is 41.4 Å². The average molecular weight is 438 g/mol. The van der Waals surface area contributed by atoms with Crippen molar-refractivity contribution in [1.82, 2.24) is 14.8 Å². The molecule has 2 aromatic heterocycles. The van der Waals surface area contributed by atoms with Crippen LogP contribution in [-0.4, -0.2) is 26.6 Å². The zero-order valence-electron chi connectivity index (χ0n) is 17.4. The third kappa shape index (κ3) is 6.02. The molecule has 2 heterocycles. The quantitative estimate of drug-likeness (QED) is 0.488. The minimum absolute atomic E-state index is 0.313. The van der Waals surface area contributed by atoms with Crippen molar-refractivity contribution in [3.05, 3.63) is 76.7 Å². The van der Waals surface area contributed by atoms with E-state index >= 15 is 0 Å². The number of carbonyl (C=O) groups excluding carboxylic acids is 2. The zero-order valence-corrected chi connectivity index (χ0v) is 18.2. The lowest BCUT2D eigenvalue weighted by Gasteiger charge is -2.07. The summed E-state index contributed by atoms with van der Waals surface area (Å²) in [6.07, 6.45) is 6.68. The molecule has 31 heavy (non-hydrogen) atoms. The number of aryl methyl sites for hydroxylation is 2. The van der Waals surface area contributed by atoms with Gasteiger partial charge in [0.05, 0.1) is 5.69 Å². The molecule has 2 N–H and O–H groups in total. The summed E-state index contributed by atoms with van der Waals surface area (Å²) in [4.78, 5) is 28.9. The van der Waals surface area contributed by atoms with Crippen molar-refractivity contribution in [2.75, 3.05) is 10.6 Å². The second-order valence-electron chi connectivity index (χ2n) is 6.94. The van der Waals surface area contributed by atoms with Gasteiger partial charge in [0.1, 0.15) is 11.0 Å². The van der Waals surface area contributed by atoms with Crippen LogP contribution >= 0.6 is 11.6 Å². The third-order valence-corrected chi connectivity index (χ3v) is 4.93. The van der Waals surface area contributed by atoms with E-state index < -0.39 is 0 Å². The van der Waals surface area contributed by atoms with Gasteiger partial charge in [0.2, 0.25) is 5.91 Å². The van der Waals surface area contributed by atoms with Gasteiger partial charge in [-0.15, -0.1) is 0 Å². The van der Waals surface area contributed by atoms with Gasteiger partial charge in [-0.3, -0.25) is 14.3 Å². The van der Waals surface area contributed by atoms with Crippen molar-refractivity contribution < 1.29 is 9.59 Å². The van der Waals surface area contributed by atoms with Crippen LogP contribution in [0.2, 0.25) is 5.15 Å². The molecular formula is C23H24ClN5O2. The van der Waals surface area contributed by atoms with Gasteiger partial charge in [-0.1, -0.05) is 37.1 Å². The van der Waals surface area contributed by atoms with E-state index in [-0.39, 0.29) is 11.8 Å². The first-order valence-corrected chi connectivity index (χ1v) is 10.4. The Morgan fingerprint density at radius 2 is 2.00 bits per heavy atom. The van der Waals surface area contributed by atoms with E-state index in [1.54, 1.807) is 59.4 Å². The number of nitrogens with one attached hydrogen (secondary N) is 2. The molecule has 1 aromatic carbocycles. The van der Waals surface area contributed by atoms with E-state index in [9.17, 15) is 9.59 Å². The third-order valence-electron chi connectivity index (χ3n) is 4.53. The summed E-state index contributed by atoms with van der Waals surface area (Å²) in [6.45, 7) is 4.70. The second-order valence-corrected chi connectivity index (χ2v) is 7.30. The molecule has 0 saturated carbocycles. The van der Waals surface area contributed by atoms with E-state index in [4.69, 9.17) is 11.6 Å². The number of anilines is 2. The number of hydrogen-bond donors (Lipinski definition) is 2. The number of pyridine rings is 1. The fraction of sp³-hybridized carbons (Fsp3) is 0.217. The Kier molecular flexibility index (Phi) is 7.56. The van der Waals surface area contributed by atoms with E-state index in [1.807, 2.05) is 6.92 Å². The van der Waals surface area contributed by atoms with Gasteiger partial charge in [0, 0.05) is 35.6 Å². The maximum atomic E-state index is 12.4. The van der Waals surface area contributed by atoms with Gasteiger partial charge < -0.3 is 10.6 Å². The molecule has 0 saturated heterocycles. The fourth-order valence-electron chi connectivity index (χ4n) is 2.92. The van der Waals surface area contributed by atoms with E-state index in [0.29, 0.717) is 22.2 Å². The van der Waals surface area contributed by atoms with Gasteiger partial charge in [-0.05, 0) is 49.8 Å². The van der Waals surface area contributed by atoms with E-state index in [0.717, 1.165) is 30.6 Å². The standard InChI is InChI=1S/C23H24ClN5O2/c1-3-4-14-29-22(24)19(16(2)28-29)11-12-21(30)26-18-9-7-8-17(15-18)23(31)27-20-10-5-6-13-25-20/h5-13,15H,3-4,14H2,1-2H3,(H,26,30)(H,25,27,31). The predicted octanol–water partition coefficient (Wildman–Crippen LogP) is 4.94. The Labute approximate surface area is 186 Å². The van der Waals surface area contributed by atoms with Crippen molar-refractivity contribution in [1.29, 1.82) is 0 Å². The number of rotatable bonds is 8. The van der Waals surface area contributed by atoms with Crippen molar-refractivity contribution in [3.8, 4) is 0 Å². The first-order chi connectivity index (χ1) is 15.0. The molecule has 0 unspecified atom stereocenters. The number of amides is 2. The minimum atomic E-state index is -0.334. The molecule has 0 spiro atoms. The van der Waals surface area contributed by atoms with E-state index in [1.165, 1.54) is 6.08 Å². The Morgan fingerprint density at radius 1 is 1.16 bits per heavy atom. The highest BCUT2D eigenvalue weighted by Crippen LogP contribution is 2.22. The normalized spacial score (nSPS) is 10.9. The molecule has 160 valence electrons. The maximum absolute atomic E-state index is 12.4. The Hall–Kier alpha value is -3.45. The summed E-state index contributed by atoms with van der Waals surface area (Å²) in [5.41, 5.74) is 2.39. The van der Waals surface area contributed by atoms with Crippen LogP contribution in [-0.2, 0) is 11.3 Å². The predicted molar refractivity (Wildman–Crippen MR) is 123 cm³/mol. The summed E-state index contributed by atoms with van der Waals surface area (Å²) in [6, 6.07) is 11.9. The fourth-order valence-corrected chi connectivity index (χ4v) is 3.24. The number of halogens is 1. The van der Waals surface area contributed by atoms with Crippen molar-refractivity contribution in [2.24, 2.45) is 0 Å². The largest absolute Gasteiger partial charge is 0.322 e. The van der Waals surface area contributed by atoms with Gasteiger partial charge in [-0.25, -0.2) is 4.98 Å². The number of unbranched alkanes of at least 4 members (excludes halogenated alkanes) is 1. The van der Waals surface area contributed by atoms with Gasteiger partial charge in [0.25, 0.3) is 5.91 Å². The van der Waals surface area contributed by atoms with Gasteiger partial charge in [-0.2, -0.15) is 5.10 Å². The smallest absolute Gasteiger partial charge is 0.256 e.